The van der Waals surface area contributed by atoms with Crippen molar-refractivity contribution in [1.29, 1.82) is 0 Å². The van der Waals surface area contributed by atoms with Gasteiger partial charge in [-0.15, -0.1) is 0 Å². The number of carbonyl (C=O) groups is 2. The van der Waals surface area contributed by atoms with Crippen LogP contribution in [0.2, 0.25) is 0 Å². The fourth-order valence-corrected chi connectivity index (χ4v) is 8.60. The maximum atomic E-state index is 14.9. The monoisotopic (exact) mass is 554 g/mol. The van der Waals surface area contributed by atoms with Crippen LogP contribution in [0.5, 0.6) is 5.75 Å². The summed E-state index contributed by atoms with van der Waals surface area (Å²) in [4.78, 5) is 50.8. The van der Waals surface area contributed by atoms with Gasteiger partial charge in [0.1, 0.15) is 18.0 Å². The van der Waals surface area contributed by atoms with E-state index in [1.54, 1.807) is 0 Å². The Hall–Kier alpha value is -3.27. The Balaban J connectivity index is 1.34. The fraction of sp³-hybridized carbons (Fsp3) is 0.600. The summed E-state index contributed by atoms with van der Waals surface area (Å²) in [7, 11) is 0. The third-order valence-corrected chi connectivity index (χ3v) is 10.3. The van der Waals surface area contributed by atoms with E-state index in [1.165, 1.54) is 18.1 Å². The van der Waals surface area contributed by atoms with Crippen LogP contribution in [0.1, 0.15) is 88.1 Å². The summed E-state index contributed by atoms with van der Waals surface area (Å²) >= 11 is 0. The molecule has 214 valence electrons. The average molecular weight is 555 g/mol. The van der Waals surface area contributed by atoms with Crippen LogP contribution in [0, 0.1) is 29.0 Å². The van der Waals surface area contributed by atoms with Crippen LogP contribution >= 0.6 is 0 Å². The predicted octanol–water partition coefficient (Wildman–Crippen LogP) is 4.18. The summed E-state index contributed by atoms with van der Waals surface area (Å²) in [5, 5.41) is 10.4. The molecule has 40 heavy (non-hydrogen) atoms. The van der Waals surface area contributed by atoms with Crippen LogP contribution in [-0.4, -0.2) is 32.8 Å². The number of carboxylic acids is 1. The quantitative estimate of drug-likeness (QED) is 0.435. The largest absolute Gasteiger partial charge is 0.480 e. The third-order valence-electron chi connectivity index (χ3n) is 10.3. The van der Waals surface area contributed by atoms with Crippen LogP contribution in [0.25, 0.3) is 0 Å². The molecule has 0 amide bonds. The molecular weight excluding hydrogens is 519 g/mol. The van der Waals surface area contributed by atoms with E-state index in [0.29, 0.717) is 48.0 Å². The highest BCUT2D eigenvalue weighted by atomic mass is 19.1. The number of carbonyl (C=O) groups excluding carboxylic acids is 1. The second-order valence-corrected chi connectivity index (χ2v) is 12.2. The highest BCUT2D eigenvalue weighted by molar-refractivity contribution is 5.72. The fourth-order valence-electron chi connectivity index (χ4n) is 8.60. The third kappa shape index (κ3) is 4.22. The number of rotatable bonds is 5. The molecule has 0 bridgehead atoms. The number of nitrogens with zero attached hydrogens (tertiary/aromatic N) is 2. The van der Waals surface area contributed by atoms with E-state index in [4.69, 9.17) is 9.47 Å². The van der Waals surface area contributed by atoms with Crippen LogP contribution < -0.4 is 16.0 Å². The van der Waals surface area contributed by atoms with Crippen molar-refractivity contribution in [2.24, 2.45) is 23.2 Å². The zero-order valence-corrected chi connectivity index (χ0v) is 22.8. The van der Waals surface area contributed by atoms with Crippen molar-refractivity contribution >= 4 is 11.9 Å². The molecule has 0 spiro atoms. The van der Waals surface area contributed by atoms with Gasteiger partial charge < -0.3 is 14.6 Å². The molecule has 9 nitrogen and oxygen atoms in total. The van der Waals surface area contributed by atoms with Crippen molar-refractivity contribution in [3.63, 3.8) is 0 Å². The van der Waals surface area contributed by atoms with Crippen molar-refractivity contribution in [2.75, 3.05) is 6.61 Å². The average Bonchev–Trinajstić information content (AvgIpc) is 3.56. The van der Waals surface area contributed by atoms with Gasteiger partial charge in [0, 0.05) is 13.5 Å². The lowest BCUT2D eigenvalue weighted by Crippen LogP contribution is -2.51. The first-order valence-corrected chi connectivity index (χ1v) is 14.3. The molecule has 7 atom stereocenters. The maximum Gasteiger partial charge on any atom is 0.334 e. The second-order valence-electron chi connectivity index (χ2n) is 12.2. The molecule has 1 saturated heterocycles. The molecule has 6 rings (SSSR count). The predicted molar refractivity (Wildman–Crippen MR) is 142 cm³/mol. The molecule has 1 aromatic carbocycles. The van der Waals surface area contributed by atoms with Crippen molar-refractivity contribution in [1.82, 2.24) is 9.13 Å². The minimum atomic E-state index is -1.46. The molecule has 2 heterocycles. The smallest absolute Gasteiger partial charge is 0.334 e. The Kier molecular flexibility index (Phi) is 6.71. The van der Waals surface area contributed by atoms with E-state index in [2.05, 4.69) is 13.0 Å². The van der Waals surface area contributed by atoms with Gasteiger partial charge >= 0.3 is 17.6 Å². The Morgan fingerprint density at radius 2 is 1.98 bits per heavy atom. The van der Waals surface area contributed by atoms with Crippen molar-refractivity contribution in [3.05, 3.63) is 62.2 Å². The number of fused-ring (bicyclic) bond motifs is 5. The number of benzene rings is 1. The Bertz CT molecular complexity index is 1480. The van der Waals surface area contributed by atoms with Crippen LogP contribution in [0.4, 0.5) is 4.39 Å². The normalized spacial score (nSPS) is 31.6. The van der Waals surface area contributed by atoms with Crippen molar-refractivity contribution in [3.8, 4) is 5.75 Å². The van der Waals surface area contributed by atoms with Gasteiger partial charge in [-0.2, -0.15) is 4.39 Å². The summed E-state index contributed by atoms with van der Waals surface area (Å²) in [5.41, 5.74) is -0.00767. The lowest BCUT2D eigenvalue weighted by atomic mass is 9.53. The van der Waals surface area contributed by atoms with E-state index < -0.39 is 46.6 Å². The van der Waals surface area contributed by atoms with Gasteiger partial charge in [0.05, 0.1) is 6.20 Å². The number of esters is 1. The SMILES string of the molecule is CC(=O)Oc1ccc2c(c1)CC[C@@H]1[C@@H]2CC[C@]2(C)[C@@H](C(C(=O)O)n3c(=O)c(F)cn(C4CCCO4)c3=O)CC[C@@H]12. The first-order chi connectivity index (χ1) is 19.1. The van der Waals surface area contributed by atoms with Gasteiger partial charge in [-0.1, -0.05) is 13.0 Å². The number of aliphatic carboxylic acids is 1. The van der Waals surface area contributed by atoms with Crippen molar-refractivity contribution in [2.45, 2.75) is 83.4 Å². The highest BCUT2D eigenvalue weighted by Crippen LogP contribution is 2.64. The summed E-state index contributed by atoms with van der Waals surface area (Å²) < 4.78 is 27.5. The maximum absolute atomic E-state index is 14.9. The summed E-state index contributed by atoms with van der Waals surface area (Å²) in [6, 6.07) is 4.38. The molecule has 3 aliphatic carbocycles. The highest BCUT2D eigenvalue weighted by Gasteiger charge is 2.58. The molecule has 1 aliphatic heterocycles. The van der Waals surface area contributed by atoms with Gasteiger partial charge in [-0.3, -0.25) is 14.2 Å². The van der Waals surface area contributed by atoms with Crippen molar-refractivity contribution < 1.29 is 28.6 Å². The van der Waals surface area contributed by atoms with E-state index in [-0.39, 0.29) is 11.9 Å². The second kappa shape index (κ2) is 9.98. The zero-order chi connectivity index (χ0) is 28.3. The molecule has 1 aromatic heterocycles. The molecule has 0 radical (unpaired) electrons. The lowest BCUT2D eigenvalue weighted by Gasteiger charge is -2.51. The number of ether oxygens (including phenoxy) is 2. The Morgan fingerprint density at radius 3 is 2.67 bits per heavy atom. The molecule has 2 aromatic rings. The molecular formula is C30H35FN2O7. The first kappa shape index (κ1) is 26.9. The minimum absolute atomic E-state index is 0.212. The summed E-state index contributed by atoms with van der Waals surface area (Å²) in [5.74, 6) is -1.89. The minimum Gasteiger partial charge on any atom is -0.480 e. The molecule has 1 N–H and O–H groups in total. The van der Waals surface area contributed by atoms with E-state index in [9.17, 15) is 28.7 Å². The summed E-state index contributed by atoms with van der Waals surface area (Å²) in [6.45, 7) is 3.90. The van der Waals surface area contributed by atoms with Gasteiger partial charge in [-0.05, 0) is 104 Å². The molecule has 4 aliphatic rings. The standard InChI is InChI=1S/C30H35FN2O7/c1-16(34)40-18-6-8-19-17(14-18)5-7-21-20(19)11-12-30(2)22(21)9-10-23(30)26(28(36)37)33-27(35)24(31)15-32(29(33)38)25-4-3-13-39-25/h6,8,14-15,20-23,25-26H,3-5,7,9-13H2,1-2H3,(H,36,37)/t20-,21-,22+,23-,25?,26?,30+/m1/s1. The van der Waals surface area contributed by atoms with Gasteiger partial charge in [0.25, 0.3) is 5.56 Å². The number of hydrogen-bond acceptors (Lipinski definition) is 6. The molecule has 3 fully saturated rings. The topological polar surface area (TPSA) is 117 Å². The number of carboxylic acid groups (broad SMARTS) is 1. The number of aromatic nitrogens is 2. The number of hydrogen-bond donors (Lipinski definition) is 1. The van der Waals surface area contributed by atoms with Gasteiger partial charge in [0.2, 0.25) is 5.82 Å². The zero-order valence-electron chi connectivity index (χ0n) is 22.8. The molecule has 2 unspecified atom stereocenters. The van der Waals surface area contributed by atoms with E-state index >= 15 is 0 Å². The lowest BCUT2D eigenvalue weighted by molar-refractivity contribution is -0.145. The Morgan fingerprint density at radius 1 is 1.18 bits per heavy atom. The first-order valence-electron chi connectivity index (χ1n) is 14.3. The number of aryl methyl sites for hydroxylation is 1. The number of halogens is 1. The van der Waals surface area contributed by atoms with Crippen LogP contribution in [0.15, 0.2) is 34.0 Å². The van der Waals surface area contributed by atoms with Gasteiger partial charge in [0.15, 0.2) is 0 Å². The van der Waals surface area contributed by atoms with Crippen LogP contribution in [0.3, 0.4) is 0 Å². The van der Waals surface area contributed by atoms with Gasteiger partial charge in [-0.25, -0.2) is 14.2 Å². The van der Waals surface area contributed by atoms with Crippen LogP contribution in [-0.2, 0) is 20.7 Å². The molecule has 2 saturated carbocycles. The van der Waals surface area contributed by atoms with E-state index in [1.807, 2.05) is 12.1 Å². The molecule has 10 heteroatoms. The summed E-state index contributed by atoms with van der Waals surface area (Å²) in [6.07, 6.45) is 6.00. The Labute approximate surface area is 230 Å². The van der Waals surface area contributed by atoms with E-state index in [0.717, 1.165) is 42.9 Å².